The lowest BCUT2D eigenvalue weighted by atomic mass is 10.0. The molecular weight excluding hydrogens is 424 g/mol. The average Bonchev–Trinajstić information content (AvgIpc) is 2.76. The van der Waals surface area contributed by atoms with Crippen molar-refractivity contribution in [2.75, 3.05) is 6.54 Å². The second-order valence-electron chi connectivity index (χ2n) is 8.56. The third-order valence-corrected chi connectivity index (χ3v) is 4.64. The molecule has 0 saturated heterocycles. The van der Waals surface area contributed by atoms with Gasteiger partial charge in [-0.05, 0) is 52.2 Å². The van der Waals surface area contributed by atoms with E-state index in [0.29, 0.717) is 36.1 Å². The molecule has 8 heteroatoms. The van der Waals surface area contributed by atoms with Crippen LogP contribution in [-0.2, 0) is 9.53 Å². The number of alkyl carbamates (subject to hydrolysis) is 1. The summed E-state index contributed by atoms with van der Waals surface area (Å²) in [5.74, 6) is -1.54. The molecule has 2 aromatic rings. The molecule has 0 bridgehead atoms. The molecule has 0 saturated carbocycles. The maximum Gasteiger partial charge on any atom is 0.408 e. The normalized spacial score (nSPS) is 11.8. The quantitative estimate of drug-likeness (QED) is 0.371. The first kappa shape index (κ1) is 25.6. The fourth-order valence-corrected chi connectivity index (χ4v) is 3.01. The van der Waals surface area contributed by atoms with Gasteiger partial charge < -0.3 is 20.5 Å². The van der Waals surface area contributed by atoms with Gasteiger partial charge in [0.15, 0.2) is 5.78 Å². The third kappa shape index (κ3) is 8.76. The summed E-state index contributed by atoms with van der Waals surface area (Å²) in [6.07, 6.45) is 0.450. The minimum Gasteiger partial charge on any atom is -0.480 e. The minimum absolute atomic E-state index is 0.115. The van der Waals surface area contributed by atoms with Crippen LogP contribution in [0.5, 0.6) is 0 Å². The van der Waals surface area contributed by atoms with E-state index in [2.05, 4.69) is 10.6 Å². The standard InChI is InChI=1S/C25H30N2O6/c1-25(2,3)33-24(32)27-20(23(30)31)11-7-8-16-26-22(29)19-14-12-18(13-15-19)21(28)17-9-5-4-6-10-17/h4-6,9-10,12-15,20H,7-8,11,16H2,1-3H3,(H,26,29)(H,27,32)(H,30,31)/t20-/m0/s1. The van der Waals surface area contributed by atoms with Crippen molar-refractivity contribution in [3.8, 4) is 0 Å². The summed E-state index contributed by atoms with van der Waals surface area (Å²) in [6, 6.07) is 14.3. The van der Waals surface area contributed by atoms with E-state index >= 15 is 0 Å². The first-order chi connectivity index (χ1) is 15.6. The molecule has 176 valence electrons. The zero-order chi connectivity index (χ0) is 24.4. The summed E-state index contributed by atoms with van der Waals surface area (Å²) < 4.78 is 5.08. The van der Waals surface area contributed by atoms with Crippen molar-refractivity contribution in [2.24, 2.45) is 0 Å². The number of ketones is 1. The number of carbonyl (C=O) groups is 4. The first-order valence-electron chi connectivity index (χ1n) is 10.8. The van der Waals surface area contributed by atoms with E-state index in [1.165, 1.54) is 0 Å². The van der Waals surface area contributed by atoms with Crippen LogP contribution in [0.15, 0.2) is 54.6 Å². The van der Waals surface area contributed by atoms with Crippen molar-refractivity contribution in [1.29, 1.82) is 0 Å². The highest BCUT2D eigenvalue weighted by atomic mass is 16.6. The molecule has 2 rings (SSSR count). The zero-order valence-electron chi connectivity index (χ0n) is 19.1. The molecule has 0 aliphatic carbocycles. The van der Waals surface area contributed by atoms with Crippen molar-refractivity contribution in [1.82, 2.24) is 10.6 Å². The van der Waals surface area contributed by atoms with Gasteiger partial charge in [-0.3, -0.25) is 9.59 Å². The van der Waals surface area contributed by atoms with Gasteiger partial charge in [-0.2, -0.15) is 0 Å². The van der Waals surface area contributed by atoms with Crippen molar-refractivity contribution >= 4 is 23.8 Å². The summed E-state index contributed by atoms with van der Waals surface area (Å²) in [4.78, 5) is 47.9. The molecule has 0 heterocycles. The molecule has 2 amide bonds. The molecular formula is C25H30N2O6. The van der Waals surface area contributed by atoms with Gasteiger partial charge in [0.05, 0.1) is 0 Å². The van der Waals surface area contributed by atoms with Gasteiger partial charge >= 0.3 is 12.1 Å². The Bertz CT molecular complexity index is 965. The van der Waals surface area contributed by atoms with Crippen LogP contribution in [0.3, 0.4) is 0 Å². The monoisotopic (exact) mass is 454 g/mol. The molecule has 3 N–H and O–H groups in total. The highest BCUT2D eigenvalue weighted by Crippen LogP contribution is 2.12. The van der Waals surface area contributed by atoms with Crippen molar-refractivity contribution in [3.05, 3.63) is 71.3 Å². The second-order valence-corrected chi connectivity index (χ2v) is 8.56. The summed E-state index contributed by atoms with van der Waals surface area (Å²) in [6.45, 7) is 5.43. The number of amides is 2. The molecule has 0 unspecified atom stereocenters. The van der Waals surface area contributed by atoms with Crippen LogP contribution in [0, 0.1) is 0 Å². The Morgan fingerprint density at radius 3 is 2.03 bits per heavy atom. The number of hydrogen-bond acceptors (Lipinski definition) is 5. The second kappa shape index (κ2) is 11.8. The predicted octanol–water partition coefficient (Wildman–Crippen LogP) is 3.80. The van der Waals surface area contributed by atoms with Gasteiger partial charge in [0.25, 0.3) is 5.91 Å². The lowest BCUT2D eigenvalue weighted by molar-refractivity contribution is -0.139. The topological polar surface area (TPSA) is 122 Å². The first-order valence-corrected chi connectivity index (χ1v) is 10.8. The van der Waals surface area contributed by atoms with E-state index in [0.717, 1.165) is 0 Å². The Balaban J connectivity index is 1.76. The van der Waals surface area contributed by atoms with Gasteiger partial charge in [0.1, 0.15) is 11.6 Å². The molecule has 33 heavy (non-hydrogen) atoms. The van der Waals surface area contributed by atoms with E-state index in [1.807, 2.05) is 6.07 Å². The molecule has 0 spiro atoms. The summed E-state index contributed by atoms with van der Waals surface area (Å²) >= 11 is 0. The third-order valence-electron chi connectivity index (χ3n) is 4.64. The number of nitrogens with one attached hydrogen (secondary N) is 2. The lowest BCUT2D eigenvalue weighted by Gasteiger charge is -2.22. The number of hydrogen-bond donors (Lipinski definition) is 3. The smallest absolute Gasteiger partial charge is 0.408 e. The van der Waals surface area contributed by atoms with Crippen molar-refractivity contribution in [3.63, 3.8) is 0 Å². The molecule has 2 aromatic carbocycles. The van der Waals surface area contributed by atoms with Crippen molar-refractivity contribution < 1.29 is 29.0 Å². The fraction of sp³-hybridized carbons (Fsp3) is 0.360. The number of carboxylic acids is 1. The minimum atomic E-state index is -1.14. The highest BCUT2D eigenvalue weighted by Gasteiger charge is 2.23. The molecule has 1 atom stereocenters. The van der Waals surface area contributed by atoms with E-state index in [1.54, 1.807) is 69.3 Å². The predicted molar refractivity (Wildman–Crippen MR) is 123 cm³/mol. The van der Waals surface area contributed by atoms with Crippen LogP contribution >= 0.6 is 0 Å². The number of carboxylic acid groups (broad SMARTS) is 1. The summed E-state index contributed by atoms with van der Waals surface area (Å²) in [7, 11) is 0. The number of rotatable bonds is 10. The average molecular weight is 455 g/mol. The Hall–Kier alpha value is -3.68. The Kier molecular flexibility index (Phi) is 9.15. The number of ether oxygens (including phenoxy) is 1. The summed E-state index contributed by atoms with van der Waals surface area (Å²) in [5.41, 5.74) is 0.782. The molecule has 0 aliphatic rings. The van der Waals surface area contributed by atoms with E-state index in [-0.39, 0.29) is 18.1 Å². The van der Waals surface area contributed by atoms with Gasteiger partial charge in [-0.1, -0.05) is 42.5 Å². The van der Waals surface area contributed by atoms with Crippen molar-refractivity contribution in [2.45, 2.75) is 51.7 Å². The Morgan fingerprint density at radius 1 is 0.879 bits per heavy atom. The maximum absolute atomic E-state index is 12.4. The van der Waals surface area contributed by atoms with Crippen LogP contribution in [0.4, 0.5) is 4.79 Å². The van der Waals surface area contributed by atoms with Crippen LogP contribution in [0.1, 0.15) is 66.3 Å². The fourth-order valence-electron chi connectivity index (χ4n) is 3.01. The maximum atomic E-state index is 12.4. The van der Waals surface area contributed by atoms with Gasteiger partial charge in [-0.25, -0.2) is 9.59 Å². The molecule has 0 aromatic heterocycles. The highest BCUT2D eigenvalue weighted by molar-refractivity contribution is 6.09. The lowest BCUT2D eigenvalue weighted by Crippen LogP contribution is -2.43. The number of carbonyl (C=O) groups excluding carboxylic acids is 3. The molecule has 0 radical (unpaired) electrons. The summed E-state index contributed by atoms with van der Waals surface area (Å²) in [5, 5.41) is 14.4. The Morgan fingerprint density at radius 2 is 1.45 bits per heavy atom. The van der Waals surface area contributed by atoms with E-state index in [9.17, 15) is 24.3 Å². The Labute approximate surface area is 193 Å². The molecule has 8 nitrogen and oxygen atoms in total. The van der Waals surface area contributed by atoms with Crippen LogP contribution in [-0.4, -0.2) is 47.0 Å². The van der Waals surface area contributed by atoms with Crippen LogP contribution in [0.2, 0.25) is 0 Å². The SMILES string of the molecule is CC(C)(C)OC(=O)N[C@@H](CCCCNC(=O)c1ccc(C(=O)c2ccccc2)cc1)C(=O)O. The number of benzene rings is 2. The number of unbranched alkanes of at least 4 members (excludes halogenated alkanes) is 1. The van der Waals surface area contributed by atoms with Gasteiger partial charge in [0.2, 0.25) is 0 Å². The van der Waals surface area contributed by atoms with Crippen LogP contribution < -0.4 is 10.6 Å². The van der Waals surface area contributed by atoms with E-state index in [4.69, 9.17) is 4.74 Å². The molecule has 0 fully saturated rings. The molecule has 0 aliphatic heterocycles. The number of aliphatic carboxylic acids is 1. The van der Waals surface area contributed by atoms with Gasteiger partial charge in [0, 0.05) is 23.2 Å². The van der Waals surface area contributed by atoms with Crippen LogP contribution in [0.25, 0.3) is 0 Å². The van der Waals surface area contributed by atoms with Gasteiger partial charge in [-0.15, -0.1) is 0 Å². The largest absolute Gasteiger partial charge is 0.480 e. The zero-order valence-corrected chi connectivity index (χ0v) is 19.1. The van der Waals surface area contributed by atoms with E-state index < -0.39 is 23.7 Å².